The molecule has 0 fully saturated rings. The van der Waals surface area contributed by atoms with Crippen LogP contribution in [0.1, 0.15) is 11.7 Å². The third-order valence-electron chi connectivity index (χ3n) is 2.66. The van der Waals surface area contributed by atoms with Crippen LogP contribution in [-0.4, -0.2) is 19.3 Å². The lowest BCUT2D eigenvalue weighted by Crippen LogP contribution is -2.14. The van der Waals surface area contributed by atoms with E-state index in [-0.39, 0.29) is 10.6 Å². The summed E-state index contributed by atoms with van der Waals surface area (Å²) in [5, 5.41) is 9.94. The number of aliphatic hydroxyl groups excluding tert-OH is 1. The third kappa shape index (κ3) is 2.97. The molecule has 0 aliphatic rings. The van der Waals surface area contributed by atoms with Crippen LogP contribution in [-0.2, 0) is 9.84 Å². The van der Waals surface area contributed by atoms with Gasteiger partial charge in [-0.2, -0.15) is 0 Å². The molecule has 0 radical (unpaired) electrons. The lowest BCUT2D eigenvalue weighted by molar-refractivity contribution is 0.201. The summed E-state index contributed by atoms with van der Waals surface area (Å²) in [6.45, 7) is 0. The predicted molar refractivity (Wildman–Crippen MR) is 69.9 cm³/mol. The van der Waals surface area contributed by atoms with Crippen molar-refractivity contribution in [2.45, 2.75) is 11.0 Å². The molecule has 1 N–H and O–H groups in total. The topological polar surface area (TPSA) is 54.4 Å². The molecule has 2 aromatic carbocycles. The zero-order valence-corrected chi connectivity index (χ0v) is 10.5. The van der Waals surface area contributed by atoms with Crippen molar-refractivity contribution < 1.29 is 13.5 Å². The Hall–Kier alpha value is -1.65. The Balaban J connectivity index is 2.20. The summed E-state index contributed by atoms with van der Waals surface area (Å²) in [5.41, 5.74) is 0.608. The van der Waals surface area contributed by atoms with Gasteiger partial charge in [-0.05, 0) is 17.7 Å². The molecule has 18 heavy (non-hydrogen) atoms. The molecule has 1 atom stereocenters. The molecule has 0 aliphatic heterocycles. The molecule has 2 aromatic rings. The number of rotatable bonds is 4. The maximum absolute atomic E-state index is 12.1. The molecule has 4 heteroatoms. The molecule has 0 bridgehead atoms. The molecule has 0 spiro atoms. The highest BCUT2D eigenvalue weighted by molar-refractivity contribution is 7.91. The number of hydrogen-bond donors (Lipinski definition) is 1. The van der Waals surface area contributed by atoms with Gasteiger partial charge < -0.3 is 5.11 Å². The van der Waals surface area contributed by atoms with E-state index >= 15 is 0 Å². The van der Waals surface area contributed by atoms with Gasteiger partial charge in [-0.3, -0.25) is 0 Å². The van der Waals surface area contributed by atoms with Gasteiger partial charge in [-0.25, -0.2) is 8.42 Å². The monoisotopic (exact) mass is 262 g/mol. The van der Waals surface area contributed by atoms with Crippen LogP contribution in [0.15, 0.2) is 65.6 Å². The second kappa shape index (κ2) is 5.33. The largest absolute Gasteiger partial charge is 0.387 e. The zero-order valence-electron chi connectivity index (χ0n) is 9.73. The highest BCUT2D eigenvalue weighted by atomic mass is 32.2. The molecule has 94 valence electrons. The first kappa shape index (κ1) is 12.8. The SMILES string of the molecule is O=S(=O)(C[C@H](O)c1ccccc1)c1ccccc1. The van der Waals surface area contributed by atoms with E-state index in [0.717, 1.165) is 0 Å². The molecule has 0 amide bonds. The van der Waals surface area contributed by atoms with Crippen molar-refractivity contribution in [3.8, 4) is 0 Å². The van der Waals surface area contributed by atoms with Crippen LogP contribution in [0.25, 0.3) is 0 Å². The first-order chi connectivity index (χ1) is 8.59. The van der Waals surface area contributed by atoms with E-state index in [1.165, 1.54) is 12.1 Å². The van der Waals surface area contributed by atoms with Gasteiger partial charge in [-0.15, -0.1) is 0 Å². The number of benzene rings is 2. The molecule has 0 saturated carbocycles. The maximum atomic E-state index is 12.1. The fourth-order valence-corrected chi connectivity index (χ4v) is 3.08. The first-order valence-electron chi connectivity index (χ1n) is 5.60. The van der Waals surface area contributed by atoms with Crippen molar-refractivity contribution in [2.24, 2.45) is 0 Å². The number of aliphatic hydroxyl groups is 1. The van der Waals surface area contributed by atoms with E-state index in [9.17, 15) is 13.5 Å². The van der Waals surface area contributed by atoms with E-state index in [1.54, 1.807) is 42.5 Å². The molecule has 2 rings (SSSR count). The zero-order chi connectivity index (χ0) is 13.0. The fraction of sp³-hybridized carbons (Fsp3) is 0.143. The fourth-order valence-electron chi connectivity index (χ4n) is 1.70. The van der Waals surface area contributed by atoms with Crippen molar-refractivity contribution in [3.05, 3.63) is 66.2 Å². The van der Waals surface area contributed by atoms with Gasteiger partial charge in [0.25, 0.3) is 0 Å². The van der Waals surface area contributed by atoms with Crippen LogP contribution in [0.3, 0.4) is 0 Å². The number of hydrogen-bond acceptors (Lipinski definition) is 3. The van der Waals surface area contributed by atoms with Crippen molar-refractivity contribution in [3.63, 3.8) is 0 Å². The average molecular weight is 262 g/mol. The van der Waals surface area contributed by atoms with Crippen molar-refractivity contribution in [1.29, 1.82) is 0 Å². The minimum absolute atomic E-state index is 0.236. The molecule has 0 heterocycles. The van der Waals surface area contributed by atoms with E-state index in [2.05, 4.69) is 0 Å². The van der Waals surface area contributed by atoms with Crippen LogP contribution in [0.2, 0.25) is 0 Å². The lowest BCUT2D eigenvalue weighted by atomic mass is 10.1. The normalized spacial score (nSPS) is 13.2. The Labute approximate surface area is 107 Å². The lowest BCUT2D eigenvalue weighted by Gasteiger charge is -2.11. The van der Waals surface area contributed by atoms with Crippen molar-refractivity contribution >= 4 is 9.84 Å². The van der Waals surface area contributed by atoms with E-state index in [1.807, 2.05) is 6.07 Å². The minimum atomic E-state index is -3.46. The quantitative estimate of drug-likeness (QED) is 0.919. The molecule has 0 aromatic heterocycles. The van der Waals surface area contributed by atoms with Crippen LogP contribution in [0.4, 0.5) is 0 Å². The summed E-state index contributed by atoms with van der Waals surface area (Å²) in [5.74, 6) is -0.305. The summed E-state index contributed by atoms with van der Waals surface area (Å²) in [4.78, 5) is 0.236. The molecule has 0 saturated heterocycles. The van der Waals surface area contributed by atoms with Gasteiger partial charge in [0.1, 0.15) is 0 Å². The second-order valence-electron chi connectivity index (χ2n) is 4.02. The Morgan fingerprint density at radius 1 is 0.889 bits per heavy atom. The predicted octanol–water partition coefficient (Wildman–Crippen LogP) is 2.19. The van der Waals surface area contributed by atoms with Crippen LogP contribution in [0, 0.1) is 0 Å². The molecule has 0 aliphatic carbocycles. The highest BCUT2D eigenvalue weighted by Gasteiger charge is 2.20. The summed E-state index contributed by atoms with van der Waals surface area (Å²) in [6, 6.07) is 17.0. The van der Waals surface area contributed by atoms with Crippen molar-refractivity contribution in [1.82, 2.24) is 0 Å². The Bertz CT molecular complexity index is 591. The van der Waals surface area contributed by atoms with Gasteiger partial charge in [0.15, 0.2) is 9.84 Å². The summed E-state index contributed by atoms with van der Waals surface area (Å²) in [6.07, 6.45) is -1.00. The Kier molecular flexibility index (Phi) is 3.79. The van der Waals surface area contributed by atoms with Gasteiger partial charge in [-0.1, -0.05) is 48.5 Å². The maximum Gasteiger partial charge on any atom is 0.181 e. The summed E-state index contributed by atoms with van der Waals surface area (Å²) >= 11 is 0. The van der Waals surface area contributed by atoms with Gasteiger partial charge in [0.05, 0.1) is 16.8 Å². The Morgan fingerprint density at radius 3 is 1.94 bits per heavy atom. The average Bonchev–Trinajstić information content (AvgIpc) is 2.40. The van der Waals surface area contributed by atoms with E-state index in [0.29, 0.717) is 5.56 Å². The third-order valence-corrected chi connectivity index (χ3v) is 4.41. The summed E-state index contributed by atoms with van der Waals surface area (Å²) in [7, 11) is -3.46. The minimum Gasteiger partial charge on any atom is -0.387 e. The molecular formula is C14H14O3S. The van der Waals surface area contributed by atoms with Crippen molar-refractivity contribution in [2.75, 3.05) is 5.75 Å². The molecule has 0 unspecified atom stereocenters. The van der Waals surface area contributed by atoms with Crippen LogP contribution < -0.4 is 0 Å². The van der Waals surface area contributed by atoms with Gasteiger partial charge in [0.2, 0.25) is 0 Å². The van der Waals surface area contributed by atoms with Gasteiger partial charge in [0, 0.05) is 0 Å². The molecule has 3 nitrogen and oxygen atoms in total. The van der Waals surface area contributed by atoms with Crippen LogP contribution in [0.5, 0.6) is 0 Å². The Morgan fingerprint density at radius 2 is 1.39 bits per heavy atom. The van der Waals surface area contributed by atoms with Crippen LogP contribution >= 0.6 is 0 Å². The highest BCUT2D eigenvalue weighted by Crippen LogP contribution is 2.19. The van der Waals surface area contributed by atoms with E-state index < -0.39 is 15.9 Å². The standard InChI is InChI=1S/C14H14O3S/c15-14(12-7-3-1-4-8-12)11-18(16,17)13-9-5-2-6-10-13/h1-10,14-15H,11H2/t14-/m0/s1. The smallest absolute Gasteiger partial charge is 0.181 e. The first-order valence-corrected chi connectivity index (χ1v) is 7.25. The second-order valence-corrected chi connectivity index (χ2v) is 6.06. The molecular weight excluding hydrogens is 248 g/mol. The van der Waals surface area contributed by atoms with E-state index in [4.69, 9.17) is 0 Å². The number of sulfone groups is 1. The summed E-state index contributed by atoms with van der Waals surface area (Å²) < 4.78 is 24.1. The van der Waals surface area contributed by atoms with Gasteiger partial charge >= 0.3 is 0 Å².